The number of amides is 2. The fourth-order valence-electron chi connectivity index (χ4n) is 2.36. The topological polar surface area (TPSA) is 52.7 Å². The van der Waals surface area contributed by atoms with E-state index in [-0.39, 0.29) is 24.2 Å². The highest BCUT2D eigenvalue weighted by Crippen LogP contribution is 2.11. The van der Waals surface area contributed by atoms with Crippen LogP contribution in [0.25, 0.3) is 0 Å². The van der Waals surface area contributed by atoms with Crippen LogP contribution in [0.1, 0.15) is 15.9 Å². The molecular formula is C19H22FN3O2. The fraction of sp³-hybridized carbons (Fsp3) is 0.263. The van der Waals surface area contributed by atoms with Gasteiger partial charge < -0.3 is 10.2 Å². The van der Waals surface area contributed by atoms with Gasteiger partial charge in [-0.1, -0.05) is 12.1 Å². The molecule has 132 valence electrons. The molecule has 25 heavy (non-hydrogen) atoms. The smallest absolute Gasteiger partial charge is 0.253 e. The Kier molecular flexibility index (Phi) is 6.25. The number of likely N-dealkylation sites (N-methyl/N-ethyl adjacent to an activating group) is 1. The normalized spacial score (nSPS) is 10.6. The maximum atomic E-state index is 12.9. The Morgan fingerprint density at radius 1 is 0.960 bits per heavy atom. The fourth-order valence-corrected chi connectivity index (χ4v) is 2.36. The van der Waals surface area contributed by atoms with Gasteiger partial charge in [0.2, 0.25) is 5.91 Å². The van der Waals surface area contributed by atoms with Crippen LogP contribution in [0.5, 0.6) is 0 Å². The Hall–Kier alpha value is -2.73. The van der Waals surface area contributed by atoms with Crippen LogP contribution in [-0.2, 0) is 11.3 Å². The summed E-state index contributed by atoms with van der Waals surface area (Å²) < 4.78 is 12.9. The average molecular weight is 343 g/mol. The van der Waals surface area contributed by atoms with Crippen LogP contribution >= 0.6 is 0 Å². The molecule has 0 saturated heterocycles. The lowest BCUT2D eigenvalue weighted by Gasteiger charge is -2.16. The van der Waals surface area contributed by atoms with Crippen LogP contribution in [0.15, 0.2) is 48.5 Å². The molecule has 5 nitrogen and oxygen atoms in total. The van der Waals surface area contributed by atoms with E-state index >= 15 is 0 Å². The first-order valence-electron chi connectivity index (χ1n) is 7.89. The molecule has 2 amide bonds. The van der Waals surface area contributed by atoms with Gasteiger partial charge in [-0.2, -0.15) is 0 Å². The highest BCUT2D eigenvalue weighted by molar-refractivity contribution is 5.95. The van der Waals surface area contributed by atoms with E-state index in [1.807, 2.05) is 11.9 Å². The van der Waals surface area contributed by atoms with Crippen molar-refractivity contribution in [3.8, 4) is 0 Å². The van der Waals surface area contributed by atoms with Gasteiger partial charge in [-0.3, -0.25) is 14.5 Å². The number of hydrogen-bond acceptors (Lipinski definition) is 3. The molecule has 0 atom stereocenters. The number of carbonyl (C=O) groups excluding carboxylic acids is 2. The first-order valence-corrected chi connectivity index (χ1v) is 7.89. The van der Waals surface area contributed by atoms with Crippen molar-refractivity contribution in [3.05, 3.63) is 65.5 Å². The molecule has 2 aromatic carbocycles. The number of benzene rings is 2. The van der Waals surface area contributed by atoms with Gasteiger partial charge in [0.05, 0.1) is 6.54 Å². The predicted octanol–water partition coefficient (Wildman–Crippen LogP) is 2.60. The van der Waals surface area contributed by atoms with Crippen LogP contribution in [0.3, 0.4) is 0 Å². The van der Waals surface area contributed by atoms with Gasteiger partial charge in [0.1, 0.15) is 5.82 Å². The van der Waals surface area contributed by atoms with Crippen LogP contribution in [0.4, 0.5) is 10.1 Å². The lowest BCUT2D eigenvalue weighted by molar-refractivity contribution is -0.117. The van der Waals surface area contributed by atoms with Gasteiger partial charge in [-0.05, 0) is 49.0 Å². The first-order chi connectivity index (χ1) is 11.8. The molecule has 0 aromatic heterocycles. The summed E-state index contributed by atoms with van der Waals surface area (Å²) in [7, 11) is 5.20. The van der Waals surface area contributed by atoms with E-state index in [0.29, 0.717) is 17.8 Å². The summed E-state index contributed by atoms with van der Waals surface area (Å²) in [5.41, 5.74) is 2.13. The minimum Gasteiger partial charge on any atom is -0.345 e. The van der Waals surface area contributed by atoms with Gasteiger partial charge in [0, 0.05) is 31.9 Å². The third kappa shape index (κ3) is 5.69. The number of carbonyl (C=O) groups is 2. The molecule has 0 bridgehead atoms. The summed E-state index contributed by atoms with van der Waals surface area (Å²) in [5, 5.41) is 2.80. The Labute approximate surface area is 147 Å². The molecule has 0 heterocycles. The van der Waals surface area contributed by atoms with Crippen molar-refractivity contribution in [1.29, 1.82) is 0 Å². The number of rotatable bonds is 6. The number of hydrogen-bond donors (Lipinski definition) is 1. The monoisotopic (exact) mass is 343 g/mol. The second kappa shape index (κ2) is 8.39. The Bertz CT molecular complexity index is 727. The lowest BCUT2D eigenvalue weighted by atomic mass is 10.2. The van der Waals surface area contributed by atoms with E-state index in [2.05, 4.69) is 5.32 Å². The molecule has 0 radical (unpaired) electrons. The minimum atomic E-state index is -0.277. The molecule has 0 aliphatic rings. The van der Waals surface area contributed by atoms with Gasteiger partial charge >= 0.3 is 0 Å². The van der Waals surface area contributed by atoms with E-state index < -0.39 is 0 Å². The highest BCUT2D eigenvalue weighted by Gasteiger charge is 2.10. The number of anilines is 1. The van der Waals surface area contributed by atoms with Crippen molar-refractivity contribution in [1.82, 2.24) is 9.80 Å². The third-order valence-corrected chi connectivity index (χ3v) is 3.60. The summed E-state index contributed by atoms with van der Waals surface area (Å²) >= 11 is 0. The molecule has 2 rings (SSSR count). The molecule has 0 spiro atoms. The zero-order chi connectivity index (χ0) is 18.4. The van der Waals surface area contributed by atoms with Crippen molar-refractivity contribution in [3.63, 3.8) is 0 Å². The van der Waals surface area contributed by atoms with Crippen LogP contribution in [0.2, 0.25) is 0 Å². The second-order valence-electron chi connectivity index (χ2n) is 6.12. The predicted molar refractivity (Wildman–Crippen MR) is 95.8 cm³/mol. The molecule has 1 N–H and O–H groups in total. The second-order valence-corrected chi connectivity index (χ2v) is 6.12. The minimum absolute atomic E-state index is 0.0862. The van der Waals surface area contributed by atoms with Crippen molar-refractivity contribution in [2.45, 2.75) is 6.54 Å². The Morgan fingerprint density at radius 3 is 2.12 bits per heavy atom. The van der Waals surface area contributed by atoms with Crippen molar-refractivity contribution in [2.75, 3.05) is 33.0 Å². The van der Waals surface area contributed by atoms with Gasteiger partial charge in [0.15, 0.2) is 0 Å². The maximum Gasteiger partial charge on any atom is 0.253 e. The molecule has 0 aliphatic carbocycles. The summed E-state index contributed by atoms with van der Waals surface area (Å²) in [6.45, 7) is 0.750. The summed E-state index contributed by atoms with van der Waals surface area (Å²) in [6, 6.07) is 13.0. The van der Waals surface area contributed by atoms with Crippen LogP contribution in [-0.4, -0.2) is 49.3 Å². The van der Waals surface area contributed by atoms with Gasteiger partial charge in [0.25, 0.3) is 5.91 Å². The molecule has 0 aliphatic heterocycles. The zero-order valence-electron chi connectivity index (χ0n) is 14.6. The Balaban J connectivity index is 1.87. The highest BCUT2D eigenvalue weighted by atomic mass is 19.1. The number of nitrogens with zero attached hydrogens (tertiary/aromatic N) is 2. The van der Waals surface area contributed by atoms with Crippen LogP contribution in [0, 0.1) is 5.82 Å². The summed E-state index contributed by atoms with van der Waals surface area (Å²) in [4.78, 5) is 27.3. The van der Waals surface area contributed by atoms with Crippen molar-refractivity contribution >= 4 is 17.5 Å². The lowest BCUT2D eigenvalue weighted by Crippen LogP contribution is -2.29. The maximum absolute atomic E-state index is 12.9. The standard InChI is InChI=1S/C19H22FN3O2/c1-22(2)19(25)15-6-10-17(11-7-15)21-18(24)13-23(3)12-14-4-8-16(20)9-5-14/h4-11H,12-13H2,1-3H3,(H,21,24). The molecule has 6 heteroatoms. The van der Waals surface area contributed by atoms with E-state index in [4.69, 9.17) is 0 Å². The average Bonchev–Trinajstić information content (AvgIpc) is 2.56. The van der Waals surface area contributed by atoms with Gasteiger partial charge in [-0.15, -0.1) is 0 Å². The first kappa shape index (κ1) is 18.6. The van der Waals surface area contributed by atoms with Crippen molar-refractivity contribution < 1.29 is 14.0 Å². The molecule has 0 saturated carbocycles. The van der Waals surface area contributed by atoms with Crippen molar-refractivity contribution in [2.24, 2.45) is 0 Å². The quantitative estimate of drug-likeness (QED) is 0.877. The van der Waals surface area contributed by atoms with Crippen LogP contribution < -0.4 is 5.32 Å². The SMILES string of the molecule is CN(CC(=O)Nc1ccc(C(=O)N(C)C)cc1)Cc1ccc(F)cc1. The molecule has 0 unspecified atom stereocenters. The zero-order valence-corrected chi connectivity index (χ0v) is 14.6. The number of nitrogens with one attached hydrogen (secondary N) is 1. The van der Waals surface area contributed by atoms with E-state index in [1.54, 1.807) is 50.5 Å². The largest absolute Gasteiger partial charge is 0.345 e. The van der Waals surface area contributed by atoms with Gasteiger partial charge in [-0.25, -0.2) is 4.39 Å². The van der Waals surface area contributed by atoms with E-state index in [9.17, 15) is 14.0 Å². The Morgan fingerprint density at radius 2 is 1.56 bits per heavy atom. The number of halogens is 1. The molecule has 2 aromatic rings. The van der Waals surface area contributed by atoms with E-state index in [1.165, 1.54) is 17.0 Å². The third-order valence-electron chi connectivity index (χ3n) is 3.60. The molecule has 0 fully saturated rings. The van der Waals surface area contributed by atoms with E-state index in [0.717, 1.165) is 5.56 Å². The molecular weight excluding hydrogens is 321 g/mol. The summed E-state index contributed by atoms with van der Waals surface area (Å²) in [6.07, 6.45) is 0. The summed E-state index contributed by atoms with van der Waals surface area (Å²) in [5.74, 6) is -0.520.